The number of esters is 1. The van der Waals surface area contributed by atoms with E-state index in [0.29, 0.717) is 24.4 Å². The molecular formula is C27H35N3O6. The molecule has 2 N–H and O–H groups in total. The van der Waals surface area contributed by atoms with Crippen LogP contribution in [0.5, 0.6) is 11.5 Å². The molecule has 0 saturated carbocycles. The number of benzene rings is 2. The molecule has 0 saturated heterocycles. The number of methoxy groups -OCH3 is 2. The molecule has 0 spiro atoms. The molecule has 36 heavy (non-hydrogen) atoms. The van der Waals surface area contributed by atoms with Crippen LogP contribution in [0.2, 0.25) is 0 Å². The van der Waals surface area contributed by atoms with Gasteiger partial charge in [-0.15, -0.1) is 0 Å². The first-order valence-electron chi connectivity index (χ1n) is 12.0. The molecule has 3 rings (SSSR count). The number of nitrogens with zero attached hydrogens (tertiary/aromatic N) is 1. The smallest absolute Gasteiger partial charge is 0.349 e. The summed E-state index contributed by atoms with van der Waals surface area (Å²) in [6.07, 6.45) is -1.15. The number of hydrogen-bond acceptors (Lipinski definition) is 7. The van der Waals surface area contributed by atoms with Gasteiger partial charge < -0.3 is 24.8 Å². The molecule has 0 unspecified atom stereocenters. The van der Waals surface area contributed by atoms with Crippen LogP contribution in [0.25, 0.3) is 0 Å². The number of ether oxygens (including phenoxy) is 3. The highest BCUT2D eigenvalue weighted by molar-refractivity contribution is 5.95. The Bertz CT molecular complexity index is 1060. The van der Waals surface area contributed by atoms with E-state index in [1.165, 1.54) is 20.3 Å². The van der Waals surface area contributed by atoms with Crippen LogP contribution < -0.4 is 20.1 Å². The van der Waals surface area contributed by atoms with Crippen molar-refractivity contribution in [1.82, 2.24) is 15.5 Å². The van der Waals surface area contributed by atoms with Crippen molar-refractivity contribution in [3.8, 4) is 11.5 Å². The lowest BCUT2D eigenvalue weighted by Gasteiger charge is -2.31. The molecule has 1 heterocycles. The molecule has 1 aliphatic rings. The Hall–Kier alpha value is -3.59. The van der Waals surface area contributed by atoms with E-state index in [1.807, 2.05) is 49.1 Å². The Morgan fingerprint density at radius 3 is 2.47 bits per heavy atom. The van der Waals surface area contributed by atoms with Gasteiger partial charge in [-0.05, 0) is 36.6 Å². The highest BCUT2D eigenvalue weighted by Gasteiger charge is 2.32. The van der Waals surface area contributed by atoms with Crippen molar-refractivity contribution in [3.05, 3.63) is 59.7 Å². The van der Waals surface area contributed by atoms with Crippen LogP contribution in [-0.4, -0.2) is 68.2 Å². The lowest BCUT2D eigenvalue weighted by atomic mass is 10.0. The van der Waals surface area contributed by atoms with Crippen LogP contribution in [0, 0.1) is 5.92 Å². The molecule has 194 valence electrons. The number of nitrogens with one attached hydrogen (secondary N) is 2. The van der Waals surface area contributed by atoms with Gasteiger partial charge in [0.25, 0.3) is 5.91 Å². The minimum atomic E-state index is -1.15. The molecule has 1 aliphatic heterocycles. The van der Waals surface area contributed by atoms with Crippen molar-refractivity contribution < 1.29 is 28.6 Å². The van der Waals surface area contributed by atoms with Gasteiger partial charge >= 0.3 is 5.97 Å². The maximum atomic E-state index is 13.2. The number of fused-ring (bicyclic) bond motifs is 2. The van der Waals surface area contributed by atoms with Crippen molar-refractivity contribution in [3.63, 3.8) is 0 Å². The molecule has 9 heteroatoms. The van der Waals surface area contributed by atoms with Crippen LogP contribution >= 0.6 is 0 Å². The van der Waals surface area contributed by atoms with Gasteiger partial charge in [0.1, 0.15) is 0 Å². The van der Waals surface area contributed by atoms with Crippen LogP contribution in [0.4, 0.5) is 0 Å². The van der Waals surface area contributed by atoms with Crippen molar-refractivity contribution in [1.29, 1.82) is 0 Å². The molecule has 0 radical (unpaired) electrons. The molecule has 0 aliphatic carbocycles. The number of carbonyl (C=O) groups excluding carboxylic acids is 3. The molecular weight excluding hydrogens is 462 g/mol. The van der Waals surface area contributed by atoms with Crippen molar-refractivity contribution >= 4 is 17.8 Å². The first-order chi connectivity index (χ1) is 17.2. The fourth-order valence-electron chi connectivity index (χ4n) is 4.08. The third-order valence-corrected chi connectivity index (χ3v) is 6.15. The minimum Gasteiger partial charge on any atom is -0.493 e. The largest absolute Gasteiger partial charge is 0.493 e. The van der Waals surface area contributed by atoms with Crippen molar-refractivity contribution in [2.24, 2.45) is 5.92 Å². The summed E-state index contributed by atoms with van der Waals surface area (Å²) in [7, 11) is 2.72. The zero-order valence-electron chi connectivity index (χ0n) is 21.4. The van der Waals surface area contributed by atoms with Gasteiger partial charge in [-0.2, -0.15) is 0 Å². The number of rotatable bonds is 5. The quantitative estimate of drug-likeness (QED) is 0.611. The maximum absolute atomic E-state index is 13.2. The summed E-state index contributed by atoms with van der Waals surface area (Å²) in [5.41, 5.74) is 1.41. The van der Waals surface area contributed by atoms with E-state index in [9.17, 15) is 14.4 Å². The lowest BCUT2D eigenvalue weighted by molar-refractivity contribution is -0.150. The topological polar surface area (TPSA) is 106 Å². The predicted molar refractivity (Wildman–Crippen MR) is 135 cm³/mol. The number of carbonyl (C=O) groups is 3. The maximum Gasteiger partial charge on any atom is 0.349 e. The average Bonchev–Trinajstić information content (AvgIpc) is 2.85. The zero-order valence-corrected chi connectivity index (χ0v) is 21.4. The fraction of sp³-hybridized carbons (Fsp3) is 0.444. The van der Waals surface area contributed by atoms with Gasteiger partial charge in [0.15, 0.2) is 11.5 Å². The first-order valence-corrected chi connectivity index (χ1v) is 12.0. The second-order valence-electron chi connectivity index (χ2n) is 9.26. The van der Waals surface area contributed by atoms with Gasteiger partial charge in [-0.3, -0.25) is 14.5 Å². The van der Waals surface area contributed by atoms with Crippen LogP contribution in [-0.2, 0) is 20.9 Å². The monoisotopic (exact) mass is 497 g/mol. The van der Waals surface area contributed by atoms with E-state index in [2.05, 4.69) is 10.6 Å². The van der Waals surface area contributed by atoms with Crippen LogP contribution in [0.1, 0.15) is 36.7 Å². The Morgan fingerprint density at radius 1 is 1.11 bits per heavy atom. The molecule has 3 atom stereocenters. The van der Waals surface area contributed by atoms with Gasteiger partial charge in [-0.1, -0.05) is 44.2 Å². The molecule has 2 bridgehead atoms. The first kappa shape index (κ1) is 27.0. The Kier molecular flexibility index (Phi) is 9.30. The summed E-state index contributed by atoms with van der Waals surface area (Å²) in [6, 6.07) is 13.7. The third kappa shape index (κ3) is 6.97. The molecule has 0 aromatic heterocycles. The van der Waals surface area contributed by atoms with Crippen molar-refractivity contribution in [2.45, 2.75) is 45.5 Å². The predicted octanol–water partition coefficient (Wildman–Crippen LogP) is 2.39. The SMILES string of the molecule is COC(=O)[C@@H]1Oc2cc(ccc2OC)C(=O)N[C@@H](C(C)C)CN(Cc2ccccc2)CC(=O)N[C@H]1C. The molecule has 0 fully saturated rings. The van der Waals surface area contributed by atoms with Crippen LogP contribution in [0.15, 0.2) is 48.5 Å². The van der Waals surface area contributed by atoms with Gasteiger partial charge in [-0.25, -0.2) is 4.79 Å². The second-order valence-corrected chi connectivity index (χ2v) is 9.26. The summed E-state index contributed by atoms with van der Waals surface area (Å²) in [5, 5.41) is 5.98. The number of amides is 2. The van der Waals surface area contributed by atoms with E-state index >= 15 is 0 Å². The van der Waals surface area contributed by atoms with E-state index in [4.69, 9.17) is 14.2 Å². The Morgan fingerprint density at radius 2 is 1.83 bits per heavy atom. The molecule has 2 aromatic carbocycles. The fourth-order valence-corrected chi connectivity index (χ4v) is 4.08. The lowest BCUT2D eigenvalue weighted by Crippen LogP contribution is -2.53. The van der Waals surface area contributed by atoms with Crippen molar-refractivity contribution in [2.75, 3.05) is 27.3 Å². The second kappa shape index (κ2) is 12.4. The molecule has 2 aromatic rings. The van der Waals surface area contributed by atoms with E-state index < -0.39 is 18.1 Å². The van der Waals surface area contributed by atoms with Crippen LogP contribution in [0.3, 0.4) is 0 Å². The standard InChI is InChI=1S/C27H35N3O6/c1-17(2)21-15-30(14-19-9-7-6-8-10-19)16-24(31)28-18(3)25(27(33)35-5)36-23-13-20(26(32)29-21)11-12-22(23)34-4/h6-13,17-18,21,25H,14-16H2,1-5H3,(H,28,31)(H,29,32)/t18-,21+,25+/m0/s1. The van der Waals surface area contributed by atoms with Gasteiger partial charge in [0, 0.05) is 24.7 Å². The highest BCUT2D eigenvalue weighted by atomic mass is 16.6. The Balaban J connectivity index is 2.01. The van der Waals surface area contributed by atoms with E-state index in [-0.39, 0.29) is 36.1 Å². The van der Waals surface area contributed by atoms with Gasteiger partial charge in [0.05, 0.1) is 26.8 Å². The summed E-state index contributed by atoms with van der Waals surface area (Å²) in [6.45, 7) is 6.78. The molecule has 2 amide bonds. The summed E-state index contributed by atoms with van der Waals surface area (Å²) in [5.74, 6) is -0.564. The number of hydrogen-bond donors (Lipinski definition) is 2. The van der Waals surface area contributed by atoms with E-state index in [0.717, 1.165) is 5.56 Å². The highest BCUT2D eigenvalue weighted by Crippen LogP contribution is 2.30. The average molecular weight is 498 g/mol. The zero-order chi connectivity index (χ0) is 26.2. The van der Waals surface area contributed by atoms with E-state index in [1.54, 1.807) is 19.1 Å². The normalized spacial score (nSPS) is 21.6. The minimum absolute atomic E-state index is 0.0703. The summed E-state index contributed by atoms with van der Waals surface area (Å²) >= 11 is 0. The van der Waals surface area contributed by atoms with Gasteiger partial charge in [0.2, 0.25) is 12.0 Å². The summed E-state index contributed by atoms with van der Waals surface area (Å²) in [4.78, 5) is 40.9. The Labute approximate surface area is 212 Å². The third-order valence-electron chi connectivity index (χ3n) is 6.15. The summed E-state index contributed by atoms with van der Waals surface area (Å²) < 4.78 is 16.3. The molecule has 9 nitrogen and oxygen atoms in total.